The minimum Gasteiger partial charge on any atom is -0.550 e. The third-order valence-electron chi connectivity index (χ3n) is 6.29. The molecule has 0 aliphatic heterocycles. The van der Waals surface area contributed by atoms with Crippen LogP contribution in [0.2, 0.25) is 0 Å². The van der Waals surface area contributed by atoms with Crippen molar-refractivity contribution in [2.45, 2.75) is 168 Å². The van der Waals surface area contributed by atoms with Crippen molar-refractivity contribution in [1.82, 2.24) is 0 Å². The van der Waals surface area contributed by atoms with E-state index in [0.29, 0.717) is 0 Å². The van der Waals surface area contributed by atoms with Gasteiger partial charge < -0.3 is 19.8 Å². The molecule has 0 fully saturated rings. The SMILES string of the molecule is CCCCCC/C=C\CCCCCCCC(=O)[O-].CCCCCC/C=C\CCCCCCCC(=O)[O-].[Cu+2]. The predicted octanol–water partition coefficient (Wildman–Crippen LogP) is 7.98. The van der Waals surface area contributed by atoms with E-state index in [1.807, 2.05) is 0 Å². The molecule has 0 aromatic carbocycles. The summed E-state index contributed by atoms with van der Waals surface area (Å²) in [5.41, 5.74) is 0. The molecule has 0 saturated carbocycles. The smallest absolute Gasteiger partial charge is 0.550 e. The first-order valence-corrected chi connectivity index (χ1v) is 15.2. The third kappa shape index (κ3) is 45.3. The van der Waals surface area contributed by atoms with Crippen LogP contribution in [0, 0.1) is 0 Å². The maximum Gasteiger partial charge on any atom is 2.00 e. The molecule has 1 radical (unpaired) electrons. The van der Waals surface area contributed by atoms with Gasteiger partial charge >= 0.3 is 17.1 Å². The molecule has 0 rings (SSSR count). The van der Waals surface area contributed by atoms with Crippen LogP contribution in [0.15, 0.2) is 24.3 Å². The first kappa shape index (κ1) is 40.4. The minimum absolute atomic E-state index is 0. The summed E-state index contributed by atoms with van der Waals surface area (Å²) in [6.07, 6.45) is 36.0. The topological polar surface area (TPSA) is 80.3 Å². The van der Waals surface area contributed by atoms with E-state index in [-0.39, 0.29) is 29.9 Å². The fourth-order valence-corrected chi connectivity index (χ4v) is 3.97. The molecule has 0 aromatic rings. The molecular formula is C32H58CuO4. The van der Waals surface area contributed by atoms with Gasteiger partial charge in [-0.25, -0.2) is 0 Å². The molecule has 4 nitrogen and oxygen atoms in total. The zero-order valence-corrected chi connectivity index (χ0v) is 25.2. The normalized spacial score (nSPS) is 10.9. The summed E-state index contributed by atoms with van der Waals surface area (Å²) >= 11 is 0. The standard InChI is InChI=1S/2C16H30O2.Cu/c2*1-2-3-4-5-6-7-8-9-10-11-12-13-14-15-16(17)18;/h2*7-8H,2-6,9-15H2,1H3,(H,17,18);/q;;+2/p-2/b2*8-7-;. The predicted molar refractivity (Wildman–Crippen MR) is 150 cm³/mol. The van der Waals surface area contributed by atoms with Crippen molar-refractivity contribution in [1.29, 1.82) is 0 Å². The number of carbonyl (C=O) groups is 2. The Kier molecular flexibility index (Phi) is 40.5. The van der Waals surface area contributed by atoms with Gasteiger partial charge in [0.15, 0.2) is 0 Å². The molecule has 0 heterocycles. The molecule has 0 aliphatic rings. The summed E-state index contributed by atoms with van der Waals surface area (Å²) < 4.78 is 0. The Morgan fingerprint density at radius 2 is 0.676 bits per heavy atom. The first-order valence-electron chi connectivity index (χ1n) is 15.2. The summed E-state index contributed by atoms with van der Waals surface area (Å²) in [7, 11) is 0. The number of unbranched alkanes of at least 4 members (excludes halogenated alkanes) is 18. The molecule has 0 N–H and O–H groups in total. The summed E-state index contributed by atoms with van der Waals surface area (Å²) in [4.78, 5) is 20.4. The second-order valence-corrected chi connectivity index (χ2v) is 10.00. The molecule has 0 bridgehead atoms. The summed E-state index contributed by atoms with van der Waals surface area (Å²) in [5.74, 6) is -1.83. The summed E-state index contributed by atoms with van der Waals surface area (Å²) in [5, 5.41) is 20.4. The van der Waals surface area contributed by atoms with E-state index < -0.39 is 11.9 Å². The van der Waals surface area contributed by atoms with Crippen LogP contribution in [-0.4, -0.2) is 11.9 Å². The van der Waals surface area contributed by atoms with E-state index in [1.165, 1.54) is 103 Å². The zero-order valence-electron chi connectivity index (χ0n) is 24.2. The number of aliphatic carboxylic acids is 2. The van der Waals surface area contributed by atoms with E-state index in [2.05, 4.69) is 38.2 Å². The molecule has 0 aromatic heterocycles. The molecule has 0 saturated heterocycles. The van der Waals surface area contributed by atoms with E-state index >= 15 is 0 Å². The average Bonchev–Trinajstić information content (AvgIpc) is 2.85. The van der Waals surface area contributed by atoms with Gasteiger partial charge in [0.05, 0.1) is 0 Å². The van der Waals surface area contributed by atoms with Crippen molar-refractivity contribution >= 4 is 11.9 Å². The second kappa shape index (κ2) is 37.1. The van der Waals surface area contributed by atoms with Gasteiger partial charge in [0.1, 0.15) is 0 Å². The number of hydrogen-bond acceptors (Lipinski definition) is 4. The van der Waals surface area contributed by atoms with E-state index in [0.717, 1.165) is 38.5 Å². The minimum atomic E-state index is -0.916. The number of rotatable bonds is 26. The van der Waals surface area contributed by atoms with Gasteiger partial charge in [-0.2, -0.15) is 0 Å². The van der Waals surface area contributed by atoms with Crippen molar-refractivity contribution in [2.75, 3.05) is 0 Å². The number of hydrogen-bond donors (Lipinski definition) is 0. The Balaban J connectivity index is -0.000000608. The molecule has 221 valence electrons. The monoisotopic (exact) mass is 569 g/mol. The fourth-order valence-electron chi connectivity index (χ4n) is 3.97. The Labute approximate surface area is 240 Å². The van der Waals surface area contributed by atoms with Crippen LogP contribution in [0.5, 0.6) is 0 Å². The number of allylic oxidation sites excluding steroid dienone is 4. The van der Waals surface area contributed by atoms with Crippen LogP contribution >= 0.6 is 0 Å². The fraction of sp³-hybridized carbons (Fsp3) is 0.812. The molecule has 5 heteroatoms. The van der Waals surface area contributed by atoms with Crippen molar-refractivity contribution in [3.05, 3.63) is 24.3 Å². The van der Waals surface area contributed by atoms with E-state index in [4.69, 9.17) is 0 Å². The molecule has 0 spiro atoms. The van der Waals surface area contributed by atoms with Gasteiger partial charge in [-0.05, 0) is 77.0 Å². The maximum atomic E-state index is 10.2. The van der Waals surface area contributed by atoms with Crippen molar-refractivity contribution in [2.24, 2.45) is 0 Å². The number of carboxylic acid groups (broad SMARTS) is 2. The third-order valence-corrected chi connectivity index (χ3v) is 6.29. The first-order chi connectivity index (χ1) is 17.5. The van der Waals surface area contributed by atoms with Crippen LogP contribution in [0.3, 0.4) is 0 Å². The van der Waals surface area contributed by atoms with Gasteiger partial charge in [0.2, 0.25) is 0 Å². The van der Waals surface area contributed by atoms with Crippen molar-refractivity contribution in [3.63, 3.8) is 0 Å². The van der Waals surface area contributed by atoms with Crippen LogP contribution < -0.4 is 10.2 Å². The van der Waals surface area contributed by atoms with Gasteiger partial charge in [0, 0.05) is 11.9 Å². The Hall–Kier alpha value is -1.06. The maximum absolute atomic E-state index is 10.2. The number of carboxylic acids is 2. The average molecular weight is 570 g/mol. The Morgan fingerprint density at radius 1 is 0.432 bits per heavy atom. The molecule has 0 unspecified atom stereocenters. The molecule has 0 aliphatic carbocycles. The van der Waals surface area contributed by atoms with E-state index in [1.54, 1.807) is 0 Å². The van der Waals surface area contributed by atoms with Crippen molar-refractivity contribution < 1.29 is 36.9 Å². The van der Waals surface area contributed by atoms with Crippen LogP contribution in [0.1, 0.15) is 168 Å². The summed E-state index contributed by atoms with van der Waals surface area (Å²) in [6.45, 7) is 4.48. The quantitative estimate of drug-likeness (QED) is 0.0600. The van der Waals surface area contributed by atoms with Gasteiger partial charge in [0.25, 0.3) is 0 Å². The number of carbonyl (C=O) groups excluding carboxylic acids is 2. The van der Waals surface area contributed by atoms with Crippen LogP contribution in [-0.2, 0) is 26.7 Å². The molecule has 0 atom stereocenters. The summed E-state index contributed by atoms with van der Waals surface area (Å²) in [6, 6.07) is 0. The zero-order chi connectivity index (χ0) is 27.0. The van der Waals surface area contributed by atoms with Gasteiger partial charge in [-0.15, -0.1) is 0 Å². The second-order valence-electron chi connectivity index (χ2n) is 10.00. The molecular weight excluding hydrogens is 512 g/mol. The molecule has 37 heavy (non-hydrogen) atoms. The Bertz CT molecular complexity index is 471. The van der Waals surface area contributed by atoms with Crippen LogP contribution in [0.25, 0.3) is 0 Å². The van der Waals surface area contributed by atoms with E-state index in [9.17, 15) is 19.8 Å². The largest absolute Gasteiger partial charge is 2.00 e. The molecule has 0 amide bonds. The Morgan fingerprint density at radius 3 is 0.946 bits per heavy atom. The van der Waals surface area contributed by atoms with Gasteiger partial charge in [-0.3, -0.25) is 0 Å². The van der Waals surface area contributed by atoms with Gasteiger partial charge in [-0.1, -0.05) is 115 Å². The van der Waals surface area contributed by atoms with Crippen LogP contribution in [0.4, 0.5) is 0 Å². The van der Waals surface area contributed by atoms with Crippen molar-refractivity contribution in [3.8, 4) is 0 Å².